The molecule has 0 fully saturated rings. The van der Waals surface area contributed by atoms with E-state index >= 15 is 0 Å². The quantitative estimate of drug-likeness (QED) is 0.540. The van der Waals surface area contributed by atoms with E-state index in [9.17, 15) is 9.59 Å². The Labute approximate surface area is 184 Å². The van der Waals surface area contributed by atoms with Gasteiger partial charge in [-0.3, -0.25) is 9.59 Å². The minimum Gasteiger partial charge on any atom is -0.332 e. The highest BCUT2D eigenvalue weighted by molar-refractivity contribution is 7.80. The number of carbonyl (C=O) groups is 2. The number of thiocarbonyl (C=S) groups is 1. The van der Waals surface area contributed by atoms with Crippen molar-refractivity contribution in [2.45, 2.75) is 47.0 Å². The molecule has 0 aliphatic heterocycles. The smallest absolute Gasteiger partial charge is 0.233 e. The third-order valence-electron chi connectivity index (χ3n) is 4.67. The van der Waals surface area contributed by atoms with E-state index in [1.807, 2.05) is 45.0 Å². The van der Waals surface area contributed by atoms with Gasteiger partial charge in [0.05, 0.1) is 5.92 Å². The van der Waals surface area contributed by atoms with Gasteiger partial charge in [-0.2, -0.15) is 0 Å². The molecule has 30 heavy (non-hydrogen) atoms. The maximum Gasteiger partial charge on any atom is 0.233 e. The summed E-state index contributed by atoms with van der Waals surface area (Å²) in [6.45, 7) is 9.90. The highest BCUT2D eigenvalue weighted by Crippen LogP contribution is 2.19. The van der Waals surface area contributed by atoms with Crippen LogP contribution in [0.5, 0.6) is 0 Å². The summed E-state index contributed by atoms with van der Waals surface area (Å²) < 4.78 is 0. The molecule has 1 unspecified atom stereocenters. The SMILES string of the molecule is CC(C)Cc1ccc(C(C)C(=O)NC(=S)Nc2cccc(NC(=O)C(C)C)c2)cc1. The van der Waals surface area contributed by atoms with Crippen molar-refractivity contribution in [3.63, 3.8) is 0 Å². The van der Waals surface area contributed by atoms with Gasteiger partial charge in [0.2, 0.25) is 11.8 Å². The fourth-order valence-corrected chi connectivity index (χ4v) is 3.13. The van der Waals surface area contributed by atoms with E-state index in [1.165, 1.54) is 5.56 Å². The van der Waals surface area contributed by atoms with Crippen LogP contribution >= 0.6 is 12.2 Å². The molecule has 0 spiro atoms. The van der Waals surface area contributed by atoms with E-state index in [0.29, 0.717) is 17.3 Å². The lowest BCUT2D eigenvalue weighted by atomic mass is 9.96. The van der Waals surface area contributed by atoms with Crippen LogP contribution in [0.1, 0.15) is 51.7 Å². The van der Waals surface area contributed by atoms with Crippen LogP contribution in [0.3, 0.4) is 0 Å². The summed E-state index contributed by atoms with van der Waals surface area (Å²) in [4.78, 5) is 24.5. The summed E-state index contributed by atoms with van der Waals surface area (Å²) in [5.74, 6) is -0.0701. The molecule has 0 aliphatic rings. The average Bonchev–Trinajstić information content (AvgIpc) is 2.67. The number of amides is 2. The standard InChI is InChI=1S/C24H31N3O2S/c1-15(2)13-18-9-11-19(12-10-18)17(5)23(29)27-24(30)26-21-8-6-7-20(14-21)25-22(28)16(3)4/h6-12,14-17H,13H2,1-5H3,(H,25,28)(H2,26,27,29,30). The van der Waals surface area contributed by atoms with Crippen LogP contribution in [0.2, 0.25) is 0 Å². The summed E-state index contributed by atoms with van der Waals surface area (Å²) in [6, 6.07) is 15.4. The molecule has 0 saturated heterocycles. The van der Waals surface area contributed by atoms with Crippen molar-refractivity contribution in [2.75, 3.05) is 10.6 Å². The van der Waals surface area contributed by atoms with Gasteiger partial charge in [-0.1, -0.05) is 58.0 Å². The molecule has 0 aromatic heterocycles. The Morgan fingerprint density at radius 2 is 1.47 bits per heavy atom. The lowest BCUT2D eigenvalue weighted by molar-refractivity contribution is -0.121. The molecule has 160 valence electrons. The van der Waals surface area contributed by atoms with Gasteiger partial charge in [0.25, 0.3) is 0 Å². The van der Waals surface area contributed by atoms with E-state index in [1.54, 1.807) is 12.1 Å². The zero-order chi connectivity index (χ0) is 22.3. The molecule has 6 heteroatoms. The summed E-state index contributed by atoms with van der Waals surface area (Å²) in [6.07, 6.45) is 1.02. The van der Waals surface area contributed by atoms with Crippen molar-refractivity contribution in [1.82, 2.24) is 5.32 Å². The van der Waals surface area contributed by atoms with Gasteiger partial charge in [-0.15, -0.1) is 0 Å². The Morgan fingerprint density at radius 1 is 0.867 bits per heavy atom. The maximum absolute atomic E-state index is 12.6. The van der Waals surface area contributed by atoms with E-state index in [0.717, 1.165) is 12.0 Å². The van der Waals surface area contributed by atoms with Crippen LogP contribution < -0.4 is 16.0 Å². The zero-order valence-corrected chi connectivity index (χ0v) is 19.1. The monoisotopic (exact) mass is 425 g/mol. The number of rotatable bonds is 7. The predicted octanol–water partition coefficient (Wildman–Crippen LogP) is 5.10. The molecule has 1 atom stereocenters. The second-order valence-corrected chi connectivity index (χ2v) is 8.64. The molecule has 0 heterocycles. The molecule has 0 radical (unpaired) electrons. The van der Waals surface area contributed by atoms with Gasteiger partial charge in [-0.05, 0) is 60.8 Å². The summed E-state index contributed by atoms with van der Waals surface area (Å²) in [7, 11) is 0. The van der Waals surface area contributed by atoms with Crippen molar-refractivity contribution in [2.24, 2.45) is 11.8 Å². The van der Waals surface area contributed by atoms with Crippen molar-refractivity contribution in [3.8, 4) is 0 Å². The van der Waals surface area contributed by atoms with Gasteiger partial charge < -0.3 is 16.0 Å². The molecular formula is C24H31N3O2S. The van der Waals surface area contributed by atoms with Crippen LogP contribution in [0, 0.1) is 11.8 Å². The van der Waals surface area contributed by atoms with Gasteiger partial charge in [0.15, 0.2) is 5.11 Å². The van der Waals surface area contributed by atoms with Crippen molar-refractivity contribution in [1.29, 1.82) is 0 Å². The van der Waals surface area contributed by atoms with Crippen LogP contribution in [-0.4, -0.2) is 16.9 Å². The first-order valence-corrected chi connectivity index (χ1v) is 10.7. The minimum absolute atomic E-state index is 0.0590. The number of anilines is 2. The third kappa shape index (κ3) is 7.26. The lowest BCUT2D eigenvalue weighted by Crippen LogP contribution is -2.36. The molecular weight excluding hydrogens is 394 g/mol. The predicted molar refractivity (Wildman–Crippen MR) is 128 cm³/mol. The van der Waals surface area contributed by atoms with Crippen LogP contribution in [0.25, 0.3) is 0 Å². The Morgan fingerprint density at radius 3 is 2.03 bits per heavy atom. The van der Waals surface area contributed by atoms with Gasteiger partial charge in [-0.25, -0.2) is 0 Å². The Bertz CT molecular complexity index is 892. The summed E-state index contributed by atoms with van der Waals surface area (Å²) in [5, 5.41) is 8.81. The number of hydrogen-bond acceptors (Lipinski definition) is 3. The van der Waals surface area contributed by atoms with E-state index in [4.69, 9.17) is 12.2 Å². The van der Waals surface area contributed by atoms with Crippen LogP contribution in [-0.2, 0) is 16.0 Å². The van der Waals surface area contributed by atoms with Crippen molar-refractivity contribution < 1.29 is 9.59 Å². The fourth-order valence-electron chi connectivity index (χ4n) is 2.91. The molecule has 2 amide bonds. The normalized spacial score (nSPS) is 11.8. The largest absolute Gasteiger partial charge is 0.332 e. The fraction of sp³-hybridized carbons (Fsp3) is 0.375. The molecule has 0 saturated carbocycles. The lowest BCUT2D eigenvalue weighted by Gasteiger charge is -2.15. The first-order valence-electron chi connectivity index (χ1n) is 10.3. The first kappa shape index (κ1) is 23.5. The van der Waals surface area contributed by atoms with Crippen molar-refractivity contribution >= 4 is 40.5 Å². The third-order valence-corrected chi connectivity index (χ3v) is 4.87. The minimum atomic E-state index is -0.325. The average molecular weight is 426 g/mol. The summed E-state index contributed by atoms with van der Waals surface area (Å²) in [5.41, 5.74) is 3.57. The zero-order valence-electron chi connectivity index (χ0n) is 18.3. The van der Waals surface area contributed by atoms with Gasteiger partial charge in [0.1, 0.15) is 0 Å². The molecule has 3 N–H and O–H groups in total. The molecule has 5 nitrogen and oxygen atoms in total. The Kier molecular flexibility index (Phi) is 8.54. The van der Waals surface area contributed by atoms with E-state index in [2.05, 4.69) is 41.9 Å². The van der Waals surface area contributed by atoms with E-state index in [-0.39, 0.29) is 28.8 Å². The van der Waals surface area contributed by atoms with E-state index < -0.39 is 0 Å². The second kappa shape index (κ2) is 10.9. The molecule has 2 aromatic carbocycles. The summed E-state index contributed by atoms with van der Waals surface area (Å²) >= 11 is 5.29. The first-order chi connectivity index (χ1) is 14.2. The maximum atomic E-state index is 12.6. The highest BCUT2D eigenvalue weighted by atomic mass is 32.1. The number of benzene rings is 2. The molecule has 0 aliphatic carbocycles. The Balaban J connectivity index is 1.94. The van der Waals surface area contributed by atoms with Crippen molar-refractivity contribution in [3.05, 3.63) is 59.7 Å². The number of hydrogen-bond donors (Lipinski definition) is 3. The number of nitrogens with one attached hydrogen (secondary N) is 3. The van der Waals surface area contributed by atoms with Crippen LogP contribution in [0.4, 0.5) is 11.4 Å². The molecule has 0 bridgehead atoms. The highest BCUT2D eigenvalue weighted by Gasteiger charge is 2.17. The number of carbonyl (C=O) groups excluding carboxylic acids is 2. The van der Waals surface area contributed by atoms with Gasteiger partial charge in [0, 0.05) is 17.3 Å². The second-order valence-electron chi connectivity index (χ2n) is 8.23. The molecule has 2 rings (SSSR count). The van der Waals surface area contributed by atoms with Crippen LogP contribution in [0.15, 0.2) is 48.5 Å². The Hall–Kier alpha value is -2.73. The molecule has 2 aromatic rings. The van der Waals surface area contributed by atoms with Gasteiger partial charge >= 0.3 is 0 Å². The topological polar surface area (TPSA) is 70.2 Å².